The summed E-state index contributed by atoms with van der Waals surface area (Å²) in [7, 11) is 0. The first-order valence-corrected chi connectivity index (χ1v) is 9.86. The summed E-state index contributed by atoms with van der Waals surface area (Å²) < 4.78 is 6.29. The van der Waals surface area contributed by atoms with Crippen molar-refractivity contribution in [1.29, 1.82) is 0 Å². The molecule has 4 nitrogen and oxygen atoms in total. The standard InChI is InChI=1S/C18H19NO3S2/c1-3-22-18(21)14-10-12-6-4-5-7-13(12)11-19(14)17(20)15-8-9-16(23-2)24-15/h4-9,14H,3,10-11H2,1-2H3/t14-/m0/s1. The third-order valence-electron chi connectivity index (χ3n) is 4.06. The maximum atomic E-state index is 13.0. The third-order valence-corrected chi connectivity index (χ3v) is 6.22. The molecular weight excluding hydrogens is 342 g/mol. The van der Waals surface area contributed by atoms with Gasteiger partial charge in [-0.25, -0.2) is 4.79 Å². The van der Waals surface area contributed by atoms with E-state index in [1.54, 1.807) is 23.6 Å². The number of benzene rings is 1. The second-order valence-electron chi connectivity index (χ2n) is 5.50. The molecule has 1 aliphatic heterocycles. The van der Waals surface area contributed by atoms with Crippen LogP contribution in [0.5, 0.6) is 0 Å². The van der Waals surface area contributed by atoms with E-state index in [2.05, 4.69) is 0 Å². The summed E-state index contributed by atoms with van der Waals surface area (Å²) >= 11 is 3.08. The molecule has 126 valence electrons. The van der Waals surface area contributed by atoms with Crippen LogP contribution in [0, 0.1) is 0 Å². The van der Waals surface area contributed by atoms with Gasteiger partial charge in [0.05, 0.1) is 15.7 Å². The summed E-state index contributed by atoms with van der Waals surface area (Å²) in [5, 5.41) is 0. The van der Waals surface area contributed by atoms with Gasteiger partial charge < -0.3 is 9.64 Å². The zero-order chi connectivity index (χ0) is 17.1. The SMILES string of the molecule is CCOC(=O)[C@@H]1Cc2ccccc2CN1C(=O)c1ccc(SC)s1. The minimum atomic E-state index is -0.563. The molecule has 6 heteroatoms. The van der Waals surface area contributed by atoms with E-state index >= 15 is 0 Å². The minimum Gasteiger partial charge on any atom is -0.464 e. The van der Waals surface area contributed by atoms with Crippen molar-refractivity contribution in [1.82, 2.24) is 4.90 Å². The Morgan fingerprint density at radius 3 is 2.67 bits per heavy atom. The minimum absolute atomic E-state index is 0.104. The van der Waals surface area contributed by atoms with Gasteiger partial charge in [0, 0.05) is 13.0 Å². The number of hydrogen-bond donors (Lipinski definition) is 0. The number of rotatable bonds is 4. The number of hydrogen-bond acceptors (Lipinski definition) is 5. The smallest absolute Gasteiger partial charge is 0.329 e. The predicted octanol–water partition coefficient (Wildman–Crippen LogP) is 3.60. The van der Waals surface area contributed by atoms with Crippen LogP contribution in [-0.4, -0.2) is 35.7 Å². The molecule has 0 aliphatic carbocycles. The lowest BCUT2D eigenvalue weighted by Gasteiger charge is -2.35. The van der Waals surface area contributed by atoms with Crippen LogP contribution in [0.2, 0.25) is 0 Å². The summed E-state index contributed by atoms with van der Waals surface area (Å²) in [6.45, 7) is 2.53. The highest BCUT2D eigenvalue weighted by molar-refractivity contribution is 8.00. The van der Waals surface area contributed by atoms with Gasteiger partial charge in [0.2, 0.25) is 0 Å². The predicted molar refractivity (Wildman–Crippen MR) is 96.5 cm³/mol. The highest BCUT2D eigenvalue weighted by atomic mass is 32.2. The molecule has 1 amide bonds. The second kappa shape index (κ2) is 7.40. The number of esters is 1. The van der Waals surface area contributed by atoms with Crippen LogP contribution >= 0.6 is 23.1 Å². The number of fused-ring (bicyclic) bond motifs is 1. The van der Waals surface area contributed by atoms with Crippen LogP contribution in [0.1, 0.15) is 27.7 Å². The number of amides is 1. The van der Waals surface area contributed by atoms with Crippen LogP contribution in [0.25, 0.3) is 0 Å². The van der Waals surface area contributed by atoms with E-state index in [1.807, 2.05) is 42.7 Å². The zero-order valence-electron chi connectivity index (χ0n) is 13.7. The fraction of sp³-hybridized carbons (Fsp3) is 0.333. The molecular formula is C18H19NO3S2. The molecule has 2 heterocycles. The van der Waals surface area contributed by atoms with Crippen molar-refractivity contribution in [2.75, 3.05) is 12.9 Å². The lowest BCUT2D eigenvalue weighted by molar-refractivity contribution is -0.149. The first kappa shape index (κ1) is 17.0. The molecule has 1 aromatic heterocycles. The number of carbonyl (C=O) groups excluding carboxylic acids is 2. The van der Waals surface area contributed by atoms with Crippen molar-refractivity contribution < 1.29 is 14.3 Å². The molecule has 1 atom stereocenters. The number of ether oxygens (including phenoxy) is 1. The van der Waals surface area contributed by atoms with Crippen molar-refractivity contribution in [2.45, 2.75) is 30.1 Å². The fourth-order valence-electron chi connectivity index (χ4n) is 2.87. The number of thioether (sulfide) groups is 1. The molecule has 0 spiro atoms. The molecule has 0 saturated heterocycles. The van der Waals surface area contributed by atoms with E-state index in [1.165, 1.54) is 11.3 Å². The third kappa shape index (κ3) is 3.35. The van der Waals surface area contributed by atoms with Gasteiger partial charge >= 0.3 is 5.97 Å². The Morgan fingerprint density at radius 2 is 2.00 bits per heavy atom. The van der Waals surface area contributed by atoms with Gasteiger partial charge in [-0.2, -0.15) is 0 Å². The van der Waals surface area contributed by atoms with Crippen molar-refractivity contribution in [3.05, 3.63) is 52.4 Å². The van der Waals surface area contributed by atoms with Gasteiger partial charge in [-0.15, -0.1) is 23.1 Å². The van der Waals surface area contributed by atoms with E-state index in [9.17, 15) is 9.59 Å². The topological polar surface area (TPSA) is 46.6 Å². The normalized spacial score (nSPS) is 16.6. The van der Waals surface area contributed by atoms with E-state index in [-0.39, 0.29) is 11.9 Å². The largest absolute Gasteiger partial charge is 0.464 e. The van der Waals surface area contributed by atoms with Gasteiger partial charge in [-0.1, -0.05) is 24.3 Å². The summed E-state index contributed by atoms with van der Waals surface area (Å²) in [5.41, 5.74) is 2.20. The van der Waals surface area contributed by atoms with Crippen LogP contribution in [0.15, 0.2) is 40.6 Å². The Balaban J connectivity index is 1.92. The van der Waals surface area contributed by atoms with Gasteiger partial charge in [-0.3, -0.25) is 4.79 Å². The monoisotopic (exact) mass is 361 g/mol. The number of nitrogens with zero attached hydrogens (tertiary/aromatic N) is 1. The molecule has 0 saturated carbocycles. The highest BCUT2D eigenvalue weighted by Crippen LogP contribution is 2.30. The van der Waals surface area contributed by atoms with Crippen molar-refractivity contribution in [3.8, 4) is 0 Å². The molecule has 0 fully saturated rings. The zero-order valence-corrected chi connectivity index (χ0v) is 15.3. The van der Waals surface area contributed by atoms with Crippen LogP contribution in [-0.2, 0) is 22.5 Å². The Hall–Kier alpha value is -1.79. The molecule has 1 aliphatic rings. The quantitative estimate of drug-likeness (QED) is 0.617. The van der Waals surface area contributed by atoms with Gasteiger partial charge in [0.15, 0.2) is 0 Å². The first-order valence-electron chi connectivity index (χ1n) is 7.82. The fourth-order valence-corrected chi connectivity index (χ4v) is 4.37. The number of carbonyl (C=O) groups is 2. The Kier molecular flexibility index (Phi) is 5.26. The maximum absolute atomic E-state index is 13.0. The average molecular weight is 361 g/mol. The van der Waals surface area contributed by atoms with E-state index in [0.29, 0.717) is 24.4 Å². The summed E-state index contributed by atoms with van der Waals surface area (Å²) in [6.07, 6.45) is 2.49. The molecule has 2 aromatic rings. The summed E-state index contributed by atoms with van der Waals surface area (Å²) in [4.78, 5) is 27.7. The summed E-state index contributed by atoms with van der Waals surface area (Å²) in [6, 6.07) is 11.2. The van der Waals surface area contributed by atoms with Crippen LogP contribution in [0.4, 0.5) is 0 Å². The van der Waals surface area contributed by atoms with Crippen LogP contribution < -0.4 is 0 Å². The summed E-state index contributed by atoms with van der Waals surface area (Å²) in [5.74, 6) is -0.435. The molecule has 0 unspecified atom stereocenters. The molecule has 0 N–H and O–H groups in total. The van der Waals surface area contributed by atoms with Crippen molar-refractivity contribution in [2.24, 2.45) is 0 Å². The molecule has 3 rings (SSSR count). The first-order chi connectivity index (χ1) is 11.6. The Morgan fingerprint density at radius 1 is 1.25 bits per heavy atom. The van der Waals surface area contributed by atoms with Gasteiger partial charge in [-0.05, 0) is 36.4 Å². The maximum Gasteiger partial charge on any atom is 0.329 e. The van der Waals surface area contributed by atoms with E-state index < -0.39 is 6.04 Å². The molecule has 0 radical (unpaired) electrons. The molecule has 0 bridgehead atoms. The molecule has 1 aromatic carbocycles. The van der Waals surface area contributed by atoms with Crippen molar-refractivity contribution in [3.63, 3.8) is 0 Å². The lowest BCUT2D eigenvalue weighted by atomic mass is 9.94. The second-order valence-corrected chi connectivity index (χ2v) is 7.69. The Bertz CT molecular complexity index is 756. The Labute approximate surface area is 149 Å². The van der Waals surface area contributed by atoms with Gasteiger partial charge in [0.1, 0.15) is 6.04 Å². The van der Waals surface area contributed by atoms with E-state index in [0.717, 1.165) is 15.3 Å². The average Bonchev–Trinajstić information content (AvgIpc) is 3.09. The van der Waals surface area contributed by atoms with Gasteiger partial charge in [0.25, 0.3) is 5.91 Å². The lowest BCUT2D eigenvalue weighted by Crippen LogP contribution is -2.49. The highest BCUT2D eigenvalue weighted by Gasteiger charge is 2.36. The van der Waals surface area contributed by atoms with Crippen molar-refractivity contribution >= 4 is 35.0 Å². The van der Waals surface area contributed by atoms with E-state index in [4.69, 9.17) is 4.74 Å². The van der Waals surface area contributed by atoms with Crippen LogP contribution in [0.3, 0.4) is 0 Å². The number of thiophene rings is 1. The molecule has 24 heavy (non-hydrogen) atoms.